The zero-order chi connectivity index (χ0) is 28.5. The second-order valence-electron chi connectivity index (χ2n) is 12.5. The smallest absolute Gasteiger partial charge is 0.410 e. The molecule has 0 saturated carbocycles. The number of halogens is 1. The molecule has 2 aliphatic heterocycles. The lowest BCUT2D eigenvalue weighted by atomic mass is 10.0. The molecule has 2 aromatic rings. The van der Waals surface area contributed by atoms with Gasteiger partial charge in [0.15, 0.2) is 0 Å². The van der Waals surface area contributed by atoms with Gasteiger partial charge in [-0.1, -0.05) is 19.6 Å². The van der Waals surface area contributed by atoms with Crippen LogP contribution in [0.1, 0.15) is 46.1 Å². The zero-order valence-electron chi connectivity index (χ0n) is 23.8. The molecule has 214 valence electrons. The first kappa shape index (κ1) is 29.0. The molecule has 1 aromatic heterocycles. The standard InChI is InChI=1S/C27H40FN5O5Si/c1-27(2,3)38-26(36)30-12-9-19(10-13-30)33-22-8-7-21(28)24(20(22)17-29-33)31-14-11-23(34)32(25(31)35)18-37-15-16-39(4,5)6/h7-8,17,19H,9-16,18H2,1-6H3. The summed E-state index contributed by atoms with van der Waals surface area (Å²) in [6, 6.07) is 3.33. The number of fused-ring (bicyclic) bond motifs is 1. The second kappa shape index (κ2) is 11.2. The Labute approximate surface area is 230 Å². The van der Waals surface area contributed by atoms with E-state index in [1.54, 1.807) is 17.2 Å². The first-order chi connectivity index (χ1) is 18.2. The van der Waals surface area contributed by atoms with Crippen molar-refractivity contribution in [3.8, 4) is 0 Å². The molecule has 2 fully saturated rings. The number of nitrogens with zero attached hydrogens (tertiary/aromatic N) is 5. The number of aromatic nitrogens is 2. The molecule has 0 bridgehead atoms. The van der Waals surface area contributed by atoms with Crippen LogP contribution in [0.3, 0.4) is 0 Å². The van der Waals surface area contributed by atoms with Gasteiger partial charge in [0.05, 0.1) is 23.4 Å². The maximum Gasteiger partial charge on any atom is 0.410 e. The predicted octanol–water partition coefficient (Wildman–Crippen LogP) is 5.22. The molecule has 10 nitrogen and oxygen atoms in total. The summed E-state index contributed by atoms with van der Waals surface area (Å²) in [6.45, 7) is 13.6. The van der Waals surface area contributed by atoms with Crippen molar-refractivity contribution in [1.82, 2.24) is 19.6 Å². The van der Waals surface area contributed by atoms with E-state index in [-0.39, 0.29) is 43.4 Å². The molecule has 0 spiro atoms. The van der Waals surface area contributed by atoms with E-state index >= 15 is 4.39 Å². The van der Waals surface area contributed by atoms with Crippen LogP contribution in [0.5, 0.6) is 0 Å². The maximum atomic E-state index is 15.2. The molecule has 0 unspecified atom stereocenters. The normalized spacial score (nSPS) is 17.9. The predicted molar refractivity (Wildman–Crippen MR) is 149 cm³/mol. The quantitative estimate of drug-likeness (QED) is 0.340. The highest BCUT2D eigenvalue weighted by molar-refractivity contribution is 6.76. The van der Waals surface area contributed by atoms with Crippen LogP contribution in [0.2, 0.25) is 25.7 Å². The van der Waals surface area contributed by atoms with Gasteiger partial charge in [0, 0.05) is 46.1 Å². The Hall–Kier alpha value is -2.99. The Morgan fingerprint density at radius 2 is 1.82 bits per heavy atom. The summed E-state index contributed by atoms with van der Waals surface area (Å²) in [6.07, 6.45) is 2.66. The van der Waals surface area contributed by atoms with Gasteiger partial charge >= 0.3 is 12.1 Å². The third-order valence-electron chi connectivity index (χ3n) is 6.96. The number of hydrogen-bond donors (Lipinski definition) is 0. The lowest BCUT2D eigenvalue weighted by molar-refractivity contribution is -0.133. The maximum absolute atomic E-state index is 15.2. The number of rotatable bonds is 7. The molecule has 0 N–H and O–H groups in total. The van der Waals surface area contributed by atoms with E-state index in [9.17, 15) is 14.4 Å². The molecule has 4 rings (SSSR count). The SMILES string of the molecule is CC(C)(C)OC(=O)N1CCC(n2ncc3c(N4CCC(=O)N(COCC[Si](C)(C)C)C4=O)c(F)ccc32)CC1. The second-order valence-corrected chi connectivity index (χ2v) is 18.1. The number of anilines is 1. The van der Waals surface area contributed by atoms with E-state index < -0.39 is 25.5 Å². The van der Waals surface area contributed by atoms with Crippen molar-refractivity contribution >= 4 is 42.7 Å². The van der Waals surface area contributed by atoms with Gasteiger partial charge in [-0.25, -0.2) is 18.9 Å². The number of benzene rings is 1. The summed E-state index contributed by atoms with van der Waals surface area (Å²) in [5.41, 5.74) is 0.262. The minimum atomic E-state index is -1.32. The van der Waals surface area contributed by atoms with E-state index in [0.29, 0.717) is 43.4 Å². The number of urea groups is 1. The van der Waals surface area contributed by atoms with Gasteiger partial charge in [-0.15, -0.1) is 0 Å². The van der Waals surface area contributed by atoms with Crippen molar-refractivity contribution in [3.63, 3.8) is 0 Å². The minimum Gasteiger partial charge on any atom is -0.444 e. The molecular weight excluding hydrogens is 521 g/mol. The van der Waals surface area contributed by atoms with E-state index in [4.69, 9.17) is 9.47 Å². The molecule has 3 heterocycles. The van der Waals surface area contributed by atoms with Crippen LogP contribution < -0.4 is 4.90 Å². The van der Waals surface area contributed by atoms with Crippen molar-refractivity contribution in [2.24, 2.45) is 0 Å². The Kier molecular flexibility index (Phi) is 8.36. The molecule has 12 heteroatoms. The van der Waals surface area contributed by atoms with Crippen LogP contribution in [0.25, 0.3) is 10.9 Å². The van der Waals surface area contributed by atoms with Gasteiger partial charge in [0.2, 0.25) is 5.91 Å². The van der Waals surface area contributed by atoms with E-state index in [0.717, 1.165) is 10.9 Å². The van der Waals surface area contributed by atoms with Crippen LogP contribution in [-0.4, -0.2) is 84.3 Å². The average molecular weight is 562 g/mol. The number of carbonyl (C=O) groups is 3. The monoisotopic (exact) mass is 561 g/mol. The Bertz CT molecular complexity index is 1230. The van der Waals surface area contributed by atoms with E-state index in [1.807, 2.05) is 25.5 Å². The van der Waals surface area contributed by atoms with Crippen molar-refractivity contribution in [1.29, 1.82) is 0 Å². The topological polar surface area (TPSA) is 97.2 Å². The van der Waals surface area contributed by atoms with Gasteiger partial charge in [-0.3, -0.25) is 14.4 Å². The summed E-state index contributed by atoms with van der Waals surface area (Å²) in [5.74, 6) is -0.881. The Balaban J connectivity index is 1.50. The molecule has 1 aromatic carbocycles. The number of likely N-dealkylation sites (tertiary alicyclic amines) is 1. The fraction of sp³-hybridized carbons (Fsp3) is 0.630. The van der Waals surface area contributed by atoms with Crippen LogP contribution in [-0.2, 0) is 14.3 Å². The van der Waals surface area contributed by atoms with Gasteiger partial charge in [-0.05, 0) is 51.8 Å². The summed E-state index contributed by atoms with van der Waals surface area (Å²) in [7, 11) is -1.32. The Morgan fingerprint density at radius 3 is 2.46 bits per heavy atom. The number of carbonyl (C=O) groups excluding carboxylic acids is 3. The van der Waals surface area contributed by atoms with Crippen LogP contribution >= 0.6 is 0 Å². The van der Waals surface area contributed by atoms with Gasteiger partial charge in [0.1, 0.15) is 18.1 Å². The molecule has 2 aliphatic rings. The molecule has 0 aliphatic carbocycles. The highest BCUT2D eigenvalue weighted by Gasteiger charge is 2.36. The summed E-state index contributed by atoms with van der Waals surface area (Å²) in [4.78, 5) is 42.4. The summed E-state index contributed by atoms with van der Waals surface area (Å²) in [5, 5.41) is 5.07. The number of hydrogen-bond acceptors (Lipinski definition) is 6. The van der Waals surface area contributed by atoms with Crippen LogP contribution in [0, 0.1) is 5.82 Å². The highest BCUT2D eigenvalue weighted by atomic mass is 28.3. The fourth-order valence-corrected chi connectivity index (χ4v) is 5.58. The van der Waals surface area contributed by atoms with Crippen molar-refractivity contribution in [2.75, 3.05) is 37.9 Å². The average Bonchev–Trinajstić information content (AvgIpc) is 3.26. The zero-order valence-corrected chi connectivity index (χ0v) is 24.8. The third kappa shape index (κ3) is 6.78. The van der Waals surface area contributed by atoms with E-state index in [2.05, 4.69) is 24.7 Å². The number of piperidine rings is 1. The molecule has 0 radical (unpaired) electrons. The lowest BCUT2D eigenvalue weighted by Gasteiger charge is -2.34. The van der Waals surface area contributed by atoms with Crippen LogP contribution in [0.15, 0.2) is 18.3 Å². The van der Waals surface area contributed by atoms with E-state index in [1.165, 1.54) is 11.0 Å². The summed E-state index contributed by atoms with van der Waals surface area (Å²) >= 11 is 0. The van der Waals surface area contributed by atoms with Crippen molar-refractivity contribution in [2.45, 2.75) is 77.4 Å². The van der Waals surface area contributed by atoms with Gasteiger partial charge in [-0.2, -0.15) is 5.10 Å². The molecule has 2 saturated heterocycles. The highest BCUT2D eigenvalue weighted by Crippen LogP contribution is 2.35. The molecule has 4 amide bonds. The Morgan fingerprint density at radius 1 is 1.13 bits per heavy atom. The number of ether oxygens (including phenoxy) is 2. The summed E-state index contributed by atoms with van der Waals surface area (Å²) < 4.78 is 28.3. The first-order valence-electron chi connectivity index (χ1n) is 13.6. The lowest BCUT2D eigenvalue weighted by Crippen LogP contribution is -2.53. The van der Waals surface area contributed by atoms with Crippen LogP contribution in [0.4, 0.5) is 19.7 Å². The largest absolute Gasteiger partial charge is 0.444 e. The molecule has 39 heavy (non-hydrogen) atoms. The minimum absolute atomic E-state index is 0.00870. The van der Waals surface area contributed by atoms with Crippen molar-refractivity contribution < 1.29 is 28.2 Å². The third-order valence-corrected chi connectivity index (χ3v) is 8.67. The number of amides is 4. The number of imide groups is 1. The first-order valence-corrected chi connectivity index (χ1v) is 17.3. The molecule has 0 atom stereocenters. The fourth-order valence-electron chi connectivity index (χ4n) is 4.82. The van der Waals surface area contributed by atoms with Gasteiger partial charge < -0.3 is 14.4 Å². The molecular formula is C27H40FN5O5Si. The van der Waals surface area contributed by atoms with Crippen molar-refractivity contribution in [3.05, 3.63) is 24.1 Å². The van der Waals surface area contributed by atoms with Gasteiger partial charge in [0.25, 0.3) is 0 Å².